The first kappa shape index (κ1) is 13.2. The zero-order valence-corrected chi connectivity index (χ0v) is 8.19. The van der Waals surface area contributed by atoms with Crippen LogP contribution in [0, 0.1) is 0 Å². The highest BCUT2D eigenvalue weighted by Crippen LogP contribution is 2.28. The van der Waals surface area contributed by atoms with Gasteiger partial charge in [-0.15, -0.1) is 12.4 Å². The molecule has 1 rings (SSSR count). The first-order valence-corrected chi connectivity index (χ1v) is 3.70. The molecule has 14 heavy (non-hydrogen) atoms. The molecule has 0 aliphatic heterocycles. The van der Waals surface area contributed by atoms with Gasteiger partial charge in [-0.1, -0.05) is 0 Å². The van der Waals surface area contributed by atoms with Crippen molar-refractivity contribution in [1.29, 1.82) is 0 Å². The summed E-state index contributed by atoms with van der Waals surface area (Å²) < 4.78 is 36.1. The predicted octanol–water partition coefficient (Wildman–Crippen LogP) is 2.54. The van der Waals surface area contributed by atoms with E-state index in [0.29, 0.717) is 5.69 Å². The normalized spacial score (nSPS) is 13.2. The van der Waals surface area contributed by atoms with Crippen LogP contribution in [0.1, 0.15) is 24.2 Å². The zero-order valence-electron chi connectivity index (χ0n) is 7.38. The average molecular weight is 227 g/mol. The fourth-order valence-electron chi connectivity index (χ4n) is 0.842. The second kappa shape index (κ2) is 4.61. The van der Waals surface area contributed by atoms with Crippen molar-refractivity contribution in [3.05, 3.63) is 29.6 Å². The summed E-state index contributed by atoms with van der Waals surface area (Å²) in [6.07, 6.45) is -3.54. The molecule has 1 aromatic heterocycles. The highest BCUT2D eigenvalue weighted by atomic mass is 35.5. The maximum absolute atomic E-state index is 12.0. The van der Waals surface area contributed by atoms with Gasteiger partial charge in [-0.05, 0) is 19.1 Å². The van der Waals surface area contributed by atoms with E-state index < -0.39 is 11.7 Å². The molecule has 80 valence electrons. The van der Waals surface area contributed by atoms with Crippen molar-refractivity contribution in [2.45, 2.75) is 19.1 Å². The smallest absolute Gasteiger partial charge is 0.323 e. The Kier molecular flexibility index (Phi) is 4.35. The van der Waals surface area contributed by atoms with E-state index in [4.69, 9.17) is 5.73 Å². The van der Waals surface area contributed by atoms with E-state index >= 15 is 0 Å². The summed E-state index contributed by atoms with van der Waals surface area (Å²) in [4.78, 5) is 3.60. The molecule has 1 atom stereocenters. The molecule has 0 saturated carbocycles. The molecule has 0 fully saturated rings. The second-order valence-electron chi connectivity index (χ2n) is 2.76. The Balaban J connectivity index is 0.00000169. The molecule has 0 aliphatic rings. The summed E-state index contributed by atoms with van der Waals surface area (Å²) in [6, 6.07) is 1.92. The molecule has 0 bridgehead atoms. The topological polar surface area (TPSA) is 38.9 Å². The van der Waals surface area contributed by atoms with E-state index in [1.165, 1.54) is 6.07 Å². The van der Waals surface area contributed by atoms with Gasteiger partial charge in [0.2, 0.25) is 0 Å². The first-order valence-electron chi connectivity index (χ1n) is 3.70. The lowest BCUT2D eigenvalue weighted by Crippen LogP contribution is -2.10. The van der Waals surface area contributed by atoms with Crippen LogP contribution in [0.5, 0.6) is 0 Å². The van der Waals surface area contributed by atoms with E-state index in [1.807, 2.05) is 0 Å². The van der Waals surface area contributed by atoms with Crippen molar-refractivity contribution in [1.82, 2.24) is 4.98 Å². The molecule has 2 N–H and O–H groups in total. The third-order valence-electron chi connectivity index (χ3n) is 1.58. The SMILES string of the molecule is CC(N)c1ccc(C(F)(F)F)cn1.Cl. The molecule has 0 aromatic carbocycles. The van der Waals surface area contributed by atoms with E-state index in [1.54, 1.807) is 6.92 Å². The van der Waals surface area contributed by atoms with Gasteiger partial charge in [-0.3, -0.25) is 4.98 Å². The maximum atomic E-state index is 12.0. The second-order valence-corrected chi connectivity index (χ2v) is 2.76. The molecule has 0 radical (unpaired) electrons. The number of alkyl halides is 3. The van der Waals surface area contributed by atoms with Crippen molar-refractivity contribution in [3.8, 4) is 0 Å². The van der Waals surface area contributed by atoms with Crippen molar-refractivity contribution in [3.63, 3.8) is 0 Å². The van der Waals surface area contributed by atoms with Crippen LogP contribution in [0.2, 0.25) is 0 Å². The molecular formula is C8H10ClF3N2. The van der Waals surface area contributed by atoms with E-state index in [0.717, 1.165) is 12.3 Å². The highest BCUT2D eigenvalue weighted by Gasteiger charge is 2.30. The lowest BCUT2D eigenvalue weighted by atomic mass is 10.2. The van der Waals surface area contributed by atoms with Crippen LogP contribution in [0.4, 0.5) is 13.2 Å². The zero-order chi connectivity index (χ0) is 10.1. The Hall–Kier alpha value is -0.810. The lowest BCUT2D eigenvalue weighted by Gasteiger charge is -2.08. The minimum atomic E-state index is -4.33. The lowest BCUT2D eigenvalue weighted by molar-refractivity contribution is -0.137. The van der Waals surface area contributed by atoms with Gasteiger partial charge in [-0.2, -0.15) is 13.2 Å². The highest BCUT2D eigenvalue weighted by molar-refractivity contribution is 5.85. The van der Waals surface area contributed by atoms with Crippen LogP contribution in [-0.4, -0.2) is 4.98 Å². The first-order chi connectivity index (χ1) is 5.91. The number of nitrogens with zero attached hydrogens (tertiary/aromatic N) is 1. The maximum Gasteiger partial charge on any atom is 0.417 e. The Morgan fingerprint density at radius 3 is 2.21 bits per heavy atom. The summed E-state index contributed by atoms with van der Waals surface area (Å²) in [5.41, 5.74) is 5.13. The van der Waals surface area contributed by atoms with Crippen LogP contribution < -0.4 is 5.73 Å². The van der Waals surface area contributed by atoms with Crippen LogP contribution in [0.3, 0.4) is 0 Å². The Bertz CT molecular complexity index is 282. The van der Waals surface area contributed by atoms with Gasteiger partial charge >= 0.3 is 6.18 Å². The number of hydrogen-bond donors (Lipinski definition) is 1. The van der Waals surface area contributed by atoms with Crippen LogP contribution in [-0.2, 0) is 6.18 Å². The predicted molar refractivity (Wildman–Crippen MR) is 49.1 cm³/mol. The minimum Gasteiger partial charge on any atom is -0.323 e. The monoisotopic (exact) mass is 226 g/mol. The van der Waals surface area contributed by atoms with Gasteiger partial charge in [0, 0.05) is 12.2 Å². The minimum absolute atomic E-state index is 0. The van der Waals surface area contributed by atoms with E-state index in [-0.39, 0.29) is 18.4 Å². The number of nitrogens with two attached hydrogens (primary N) is 1. The molecule has 0 aliphatic carbocycles. The summed E-state index contributed by atoms with van der Waals surface area (Å²) in [5.74, 6) is 0. The van der Waals surface area contributed by atoms with Crippen molar-refractivity contribution >= 4 is 12.4 Å². The third-order valence-corrected chi connectivity index (χ3v) is 1.58. The summed E-state index contributed by atoms with van der Waals surface area (Å²) in [7, 11) is 0. The van der Waals surface area contributed by atoms with Gasteiger partial charge in [0.25, 0.3) is 0 Å². The molecule has 0 amide bonds. The van der Waals surface area contributed by atoms with Crippen LogP contribution >= 0.6 is 12.4 Å². The van der Waals surface area contributed by atoms with Crippen LogP contribution in [0.15, 0.2) is 18.3 Å². The molecule has 0 spiro atoms. The fourth-order valence-corrected chi connectivity index (χ4v) is 0.842. The average Bonchev–Trinajstić information content (AvgIpc) is 2.03. The van der Waals surface area contributed by atoms with Gasteiger partial charge in [0.15, 0.2) is 0 Å². The van der Waals surface area contributed by atoms with Crippen molar-refractivity contribution in [2.24, 2.45) is 5.73 Å². The fraction of sp³-hybridized carbons (Fsp3) is 0.375. The Morgan fingerprint density at radius 2 is 1.93 bits per heavy atom. The summed E-state index contributed by atoms with van der Waals surface area (Å²) >= 11 is 0. The molecule has 1 heterocycles. The number of aromatic nitrogens is 1. The largest absolute Gasteiger partial charge is 0.417 e. The molecular weight excluding hydrogens is 217 g/mol. The number of halogens is 4. The number of rotatable bonds is 1. The van der Waals surface area contributed by atoms with E-state index in [9.17, 15) is 13.2 Å². The molecule has 6 heteroatoms. The Morgan fingerprint density at radius 1 is 1.36 bits per heavy atom. The Labute approximate surface area is 85.7 Å². The van der Waals surface area contributed by atoms with E-state index in [2.05, 4.69) is 4.98 Å². The molecule has 0 saturated heterocycles. The number of hydrogen-bond acceptors (Lipinski definition) is 2. The quantitative estimate of drug-likeness (QED) is 0.799. The van der Waals surface area contributed by atoms with Crippen molar-refractivity contribution < 1.29 is 13.2 Å². The summed E-state index contributed by atoms with van der Waals surface area (Å²) in [5, 5.41) is 0. The molecule has 1 unspecified atom stereocenters. The van der Waals surface area contributed by atoms with Crippen molar-refractivity contribution in [2.75, 3.05) is 0 Å². The van der Waals surface area contributed by atoms with Gasteiger partial charge in [-0.25, -0.2) is 0 Å². The van der Waals surface area contributed by atoms with Gasteiger partial charge in [0.05, 0.1) is 11.3 Å². The van der Waals surface area contributed by atoms with Gasteiger partial charge < -0.3 is 5.73 Å². The summed E-state index contributed by atoms with van der Waals surface area (Å²) in [6.45, 7) is 1.66. The number of pyridine rings is 1. The molecule has 2 nitrogen and oxygen atoms in total. The third kappa shape index (κ3) is 3.16. The molecule has 1 aromatic rings. The standard InChI is InChI=1S/C8H9F3N2.ClH/c1-5(12)7-3-2-6(4-13-7)8(9,10)11;/h2-5H,12H2,1H3;1H. The van der Waals surface area contributed by atoms with Crippen LogP contribution in [0.25, 0.3) is 0 Å². The van der Waals surface area contributed by atoms with Gasteiger partial charge in [0.1, 0.15) is 0 Å².